The largest absolute Gasteiger partial charge is 0.395 e. The Hall–Kier alpha value is -2.42. The molecule has 0 unspecified atom stereocenters. The van der Waals surface area contributed by atoms with Crippen LogP contribution >= 0.6 is 11.3 Å². The van der Waals surface area contributed by atoms with Crippen molar-refractivity contribution in [3.8, 4) is 21.8 Å². The molecule has 3 rings (SSSR count). The highest BCUT2D eigenvalue weighted by Gasteiger charge is 2.14. The molecule has 0 fully saturated rings. The number of rotatable bonds is 8. The van der Waals surface area contributed by atoms with Crippen LogP contribution in [0.15, 0.2) is 36.4 Å². The van der Waals surface area contributed by atoms with E-state index in [1.54, 1.807) is 6.07 Å². The molecule has 0 aliphatic heterocycles. The lowest BCUT2D eigenvalue weighted by molar-refractivity contribution is 0.209. The molecule has 1 atom stereocenters. The predicted molar refractivity (Wildman–Crippen MR) is 111 cm³/mol. The Labute approximate surface area is 167 Å². The van der Waals surface area contributed by atoms with E-state index in [2.05, 4.69) is 25.8 Å². The molecule has 0 saturated carbocycles. The van der Waals surface area contributed by atoms with Gasteiger partial charge < -0.3 is 15.7 Å². The number of anilines is 1. The number of halogens is 1. The van der Waals surface area contributed by atoms with Gasteiger partial charge in [0, 0.05) is 30.8 Å². The van der Waals surface area contributed by atoms with Crippen molar-refractivity contribution in [3.63, 3.8) is 0 Å². The molecular weight excluding hydrogens is 377 g/mol. The molecule has 0 spiro atoms. The molecular formula is C20H24FN5OS. The fourth-order valence-electron chi connectivity index (χ4n) is 2.73. The molecule has 0 aliphatic carbocycles. The van der Waals surface area contributed by atoms with Gasteiger partial charge in [-0.2, -0.15) is 0 Å². The van der Waals surface area contributed by atoms with Crippen molar-refractivity contribution in [1.82, 2.24) is 20.5 Å². The van der Waals surface area contributed by atoms with Crippen molar-refractivity contribution in [1.29, 1.82) is 0 Å². The van der Waals surface area contributed by atoms with Crippen molar-refractivity contribution in [2.75, 3.05) is 19.0 Å². The zero-order valence-electron chi connectivity index (χ0n) is 16.1. The average Bonchev–Trinajstić information content (AvgIpc) is 3.19. The van der Waals surface area contributed by atoms with Crippen LogP contribution in [0.3, 0.4) is 0 Å². The number of hydrogen-bond acceptors (Lipinski definition) is 7. The van der Waals surface area contributed by atoms with E-state index in [4.69, 9.17) is 0 Å². The van der Waals surface area contributed by atoms with Crippen LogP contribution in [0.4, 0.5) is 9.52 Å². The van der Waals surface area contributed by atoms with Gasteiger partial charge in [0.05, 0.1) is 18.0 Å². The number of aliphatic hydroxyl groups excluding tert-OH is 1. The number of nitrogens with one attached hydrogen (secondary N) is 2. The zero-order valence-corrected chi connectivity index (χ0v) is 16.9. The van der Waals surface area contributed by atoms with Gasteiger partial charge in [-0.3, -0.25) is 0 Å². The first kappa shape index (κ1) is 20.3. The summed E-state index contributed by atoms with van der Waals surface area (Å²) < 4.78 is 14.2. The molecule has 2 heterocycles. The number of hydrogen-bond donors (Lipinski definition) is 3. The third-order valence-electron chi connectivity index (χ3n) is 4.52. The lowest BCUT2D eigenvalue weighted by Crippen LogP contribution is -2.36. The monoisotopic (exact) mass is 401 g/mol. The van der Waals surface area contributed by atoms with E-state index in [1.807, 2.05) is 45.2 Å². The summed E-state index contributed by atoms with van der Waals surface area (Å²) in [6.45, 7) is 4.28. The second-order valence-electron chi connectivity index (χ2n) is 6.78. The standard InChI is InChI=1S/C20H24FN5OS/c1-12(2)18(11-27)23-10-17-15(21)8-9-16(24-17)13-4-6-14(7-5-13)19-25-26-20(22-3)28-19/h4-9,12,18,23,27H,10-11H2,1-3H3,(H,22,26)/t18-/m0/s1. The lowest BCUT2D eigenvalue weighted by atomic mass is 10.1. The van der Waals surface area contributed by atoms with Crippen molar-refractivity contribution < 1.29 is 9.50 Å². The minimum absolute atomic E-state index is 0.00131. The first-order valence-electron chi connectivity index (χ1n) is 9.13. The third-order valence-corrected chi connectivity index (χ3v) is 5.51. The van der Waals surface area contributed by atoms with E-state index in [9.17, 15) is 9.50 Å². The van der Waals surface area contributed by atoms with Gasteiger partial charge in [-0.15, -0.1) is 10.2 Å². The fourth-order valence-corrected chi connectivity index (χ4v) is 3.43. The molecule has 0 amide bonds. The van der Waals surface area contributed by atoms with Gasteiger partial charge in [0.1, 0.15) is 10.8 Å². The molecule has 0 saturated heterocycles. The van der Waals surface area contributed by atoms with Crippen LogP contribution in [0.5, 0.6) is 0 Å². The normalized spacial score (nSPS) is 12.4. The maximum absolute atomic E-state index is 14.2. The van der Waals surface area contributed by atoms with E-state index in [0.29, 0.717) is 11.4 Å². The lowest BCUT2D eigenvalue weighted by Gasteiger charge is -2.20. The predicted octanol–water partition coefficient (Wildman–Crippen LogP) is 3.55. The molecule has 0 radical (unpaired) electrons. The Balaban J connectivity index is 1.78. The van der Waals surface area contributed by atoms with Crippen LogP contribution in [0.2, 0.25) is 0 Å². The molecule has 0 aliphatic rings. The number of aliphatic hydroxyl groups is 1. The minimum atomic E-state index is -0.359. The number of benzene rings is 1. The van der Waals surface area contributed by atoms with Crippen LogP contribution in [0, 0.1) is 11.7 Å². The molecule has 3 N–H and O–H groups in total. The molecule has 8 heteroatoms. The Morgan fingerprint density at radius 3 is 2.39 bits per heavy atom. The molecule has 2 aromatic heterocycles. The second-order valence-corrected chi connectivity index (χ2v) is 7.76. The molecule has 0 bridgehead atoms. The van der Waals surface area contributed by atoms with Crippen LogP contribution < -0.4 is 10.6 Å². The highest BCUT2D eigenvalue weighted by Crippen LogP contribution is 2.28. The summed E-state index contributed by atoms with van der Waals surface area (Å²) in [4.78, 5) is 4.47. The Bertz CT molecular complexity index is 913. The molecule has 1 aromatic carbocycles. The van der Waals surface area contributed by atoms with Gasteiger partial charge in [-0.25, -0.2) is 9.37 Å². The van der Waals surface area contributed by atoms with Crippen molar-refractivity contribution >= 4 is 16.5 Å². The highest BCUT2D eigenvalue weighted by molar-refractivity contribution is 7.18. The van der Waals surface area contributed by atoms with Crippen molar-refractivity contribution in [2.24, 2.45) is 5.92 Å². The van der Waals surface area contributed by atoms with Gasteiger partial charge in [-0.1, -0.05) is 49.4 Å². The maximum atomic E-state index is 14.2. The summed E-state index contributed by atoms with van der Waals surface area (Å²) in [5, 5.41) is 25.4. The van der Waals surface area contributed by atoms with Gasteiger partial charge >= 0.3 is 0 Å². The van der Waals surface area contributed by atoms with Crippen LogP contribution in [0.25, 0.3) is 21.8 Å². The van der Waals surface area contributed by atoms with E-state index in [0.717, 1.165) is 21.3 Å². The smallest absolute Gasteiger partial charge is 0.205 e. The summed E-state index contributed by atoms with van der Waals surface area (Å²) in [6.07, 6.45) is 0. The van der Waals surface area contributed by atoms with Gasteiger partial charge in [0.2, 0.25) is 5.13 Å². The maximum Gasteiger partial charge on any atom is 0.205 e. The SMILES string of the molecule is CNc1nnc(-c2ccc(-c3ccc(F)c(CN[C@@H](CO)C(C)C)n3)cc2)s1. The van der Waals surface area contributed by atoms with Crippen molar-refractivity contribution in [3.05, 3.63) is 47.9 Å². The van der Waals surface area contributed by atoms with Gasteiger partial charge in [0.25, 0.3) is 0 Å². The van der Waals surface area contributed by atoms with E-state index in [1.165, 1.54) is 17.4 Å². The van der Waals surface area contributed by atoms with Crippen LogP contribution in [-0.4, -0.2) is 40.0 Å². The Kier molecular flexibility index (Phi) is 6.66. The van der Waals surface area contributed by atoms with Gasteiger partial charge in [0.15, 0.2) is 0 Å². The average molecular weight is 402 g/mol. The summed E-state index contributed by atoms with van der Waals surface area (Å²) in [7, 11) is 1.81. The quantitative estimate of drug-likeness (QED) is 0.535. The number of pyridine rings is 1. The van der Waals surface area contributed by atoms with Crippen LogP contribution in [0.1, 0.15) is 19.5 Å². The van der Waals surface area contributed by atoms with E-state index >= 15 is 0 Å². The van der Waals surface area contributed by atoms with Gasteiger partial charge in [-0.05, 0) is 18.1 Å². The summed E-state index contributed by atoms with van der Waals surface area (Å²) in [6, 6.07) is 10.8. The van der Waals surface area contributed by atoms with Crippen molar-refractivity contribution in [2.45, 2.75) is 26.4 Å². The molecule has 6 nitrogen and oxygen atoms in total. The first-order chi connectivity index (χ1) is 13.5. The fraction of sp³-hybridized carbons (Fsp3) is 0.350. The Morgan fingerprint density at radius 2 is 1.79 bits per heavy atom. The topological polar surface area (TPSA) is 83.0 Å². The summed E-state index contributed by atoms with van der Waals surface area (Å²) in [5.41, 5.74) is 2.90. The van der Waals surface area contributed by atoms with Crippen LogP contribution in [-0.2, 0) is 6.54 Å². The first-order valence-corrected chi connectivity index (χ1v) is 9.95. The third kappa shape index (κ3) is 4.70. The summed E-state index contributed by atoms with van der Waals surface area (Å²) >= 11 is 1.48. The molecule has 3 aromatic rings. The van der Waals surface area contributed by atoms with E-state index in [-0.39, 0.29) is 30.9 Å². The minimum Gasteiger partial charge on any atom is -0.395 e. The zero-order chi connectivity index (χ0) is 20.1. The van der Waals surface area contributed by atoms with E-state index < -0.39 is 0 Å². The number of nitrogens with zero attached hydrogens (tertiary/aromatic N) is 3. The molecule has 148 valence electrons. The second kappa shape index (κ2) is 9.18. The number of aromatic nitrogens is 3. The Morgan fingerprint density at radius 1 is 1.07 bits per heavy atom. The summed E-state index contributed by atoms with van der Waals surface area (Å²) in [5.74, 6) is -0.116. The molecule has 28 heavy (non-hydrogen) atoms. The highest BCUT2D eigenvalue weighted by atomic mass is 32.1.